The molecule has 0 atom stereocenters. The number of rotatable bonds is 2. The molecule has 0 saturated heterocycles. The Labute approximate surface area is 91.9 Å². The zero-order valence-corrected chi connectivity index (χ0v) is 8.77. The molecule has 0 aliphatic heterocycles. The summed E-state index contributed by atoms with van der Waals surface area (Å²) in [6, 6.07) is 3.60. The Hall–Kier alpha value is -1.68. The van der Waals surface area contributed by atoms with Gasteiger partial charge in [-0.1, -0.05) is 11.6 Å². The fourth-order valence-electron chi connectivity index (χ4n) is 1.20. The number of pyridine rings is 1. The first kappa shape index (κ1) is 9.86. The summed E-state index contributed by atoms with van der Waals surface area (Å²) >= 11 is 5.75. The average Bonchev–Trinajstić information content (AvgIpc) is 2.29. The molecule has 2 rings (SSSR count). The molecule has 0 aliphatic carbocycles. The molecule has 0 N–H and O–H groups in total. The maximum Gasteiger partial charge on any atom is 0.148 e. The average molecular weight is 222 g/mol. The van der Waals surface area contributed by atoms with Crippen molar-refractivity contribution in [3.63, 3.8) is 0 Å². The SMILES string of the molecule is COc1cccnc1-c1cncc(Cl)n1. The van der Waals surface area contributed by atoms with Gasteiger partial charge in [0.25, 0.3) is 0 Å². The predicted molar refractivity (Wildman–Crippen MR) is 56.8 cm³/mol. The lowest BCUT2D eigenvalue weighted by atomic mass is 10.2. The van der Waals surface area contributed by atoms with Gasteiger partial charge in [0.2, 0.25) is 0 Å². The van der Waals surface area contributed by atoms with Crippen molar-refractivity contribution in [2.75, 3.05) is 7.11 Å². The Kier molecular flexibility index (Phi) is 2.78. The highest BCUT2D eigenvalue weighted by atomic mass is 35.5. The lowest BCUT2D eigenvalue weighted by Crippen LogP contribution is -1.93. The van der Waals surface area contributed by atoms with Crippen LogP contribution < -0.4 is 4.74 Å². The van der Waals surface area contributed by atoms with E-state index in [4.69, 9.17) is 16.3 Å². The molecule has 15 heavy (non-hydrogen) atoms. The van der Waals surface area contributed by atoms with E-state index in [0.29, 0.717) is 22.3 Å². The second kappa shape index (κ2) is 4.23. The normalized spacial score (nSPS) is 10.0. The summed E-state index contributed by atoms with van der Waals surface area (Å²) in [5.74, 6) is 0.647. The van der Waals surface area contributed by atoms with Gasteiger partial charge in [0, 0.05) is 6.20 Å². The fourth-order valence-corrected chi connectivity index (χ4v) is 1.35. The Balaban J connectivity index is 2.53. The monoisotopic (exact) mass is 221 g/mol. The number of hydrogen-bond donors (Lipinski definition) is 0. The van der Waals surface area contributed by atoms with Crippen LogP contribution in [0, 0.1) is 0 Å². The van der Waals surface area contributed by atoms with Crippen molar-refractivity contribution in [3.05, 3.63) is 35.9 Å². The van der Waals surface area contributed by atoms with Gasteiger partial charge in [0.05, 0.1) is 19.5 Å². The molecule has 0 aromatic carbocycles. The second-order valence-electron chi connectivity index (χ2n) is 2.78. The zero-order valence-electron chi connectivity index (χ0n) is 8.01. The molecule has 0 aliphatic rings. The van der Waals surface area contributed by atoms with Crippen LogP contribution in [0.1, 0.15) is 0 Å². The second-order valence-corrected chi connectivity index (χ2v) is 3.17. The number of halogens is 1. The molecule has 2 aromatic heterocycles. The number of hydrogen-bond acceptors (Lipinski definition) is 4. The minimum atomic E-state index is 0.334. The predicted octanol–water partition coefficient (Wildman–Crippen LogP) is 2.20. The van der Waals surface area contributed by atoms with Crippen LogP contribution in [0.5, 0.6) is 5.75 Å². The standard InChI is InChI=1S/C10H8ClN3O/c1-15-8-3-2-4-13-10(8)7-5-12-6-9(11)14-7/h2-6H,1H3. The maximum atomic E-state index is 5.75. The van der Waals surface area contributed by atoms with Crippen molar-refractivity contribution in [2.24, 2.45) is 0 Å². The maximum absolute atomic E-state index is 5.75. The van der Waals surface area contributed by atoms with E-state index in [2.05, 4.69) is 15.0 Å². The van der Waals surface area contributed by atoms with Gasteiger partial charge in [-0.3, -0.25) is 9.97 Å². The van der Waals surface area contributed by atoms with Crippen molar-refractivity contribution in [1.29, 1.82) is 0 Å². The van der Waals surface area contributed by atoms with Crippen molar-refractivity contribution < 1.29 is 4.74 Å². The van der Waals surface area contributed by atoms with E-state index in [0.717, 1.165) is 0 Å². The summed E-state index contributed by atoms with van der Waals surface area (Å²) in [5.41, 5.74) is 1.23. The molecule has 0 unspecified atom stereocenters. The number of aromatic nitrogens is 3. The molecule has 0 bridgehead atoms. The highest BCUT2D eigenvalue weighted by Gasteiger charge is 2.08. The van der Waals surface area contributed by atoms with E-state index < -0.39 is 0 Å². The summed E-state index contributed by atoms with van der Waals surface area (Å²) in [4.78, 5) is 12.2. The Bertz CT molecular complexity index is 476. The van der Waals surface area contributed by atoms with Gasteiger partial charge in [-0.25, -0.2) is 4.98 Å². The molecular weight excluding hydrogens is 214 g/mol. The fraction of sp³-hybridized carbons (Fsp3) is 0.100. The van der Waals surface area contributed by atoms with Gasteiger partial charge >= 0.3 is 0 Å². The topological polar surface area (TPSA) is 47.9 Å². The highest BCUT2D eigenvalue weighted by molar-refractivity contribution is 6.29. The molecule has 2 aromatic rings. The molecule has 0 radical (unpaired) electrons. The summed E-state index contributed by atoms with van der Waals surface area (Å²) in [6.07, 6.45) is 4.73. The Morgan fingerprint density at radius 3 is 2.93 bits per heavy atom. The van der Waals surface area contributed by atoms with Crippen LogP contribution in [0.4, 0.5) is 0 Å². The number of ether oxygens (including phenoxy) is 1. The zero-order chi connectivity index (χ0) is 10.7. The Morgan fingerprint density at radius 2 is 2.20 bits per heavy atom. The van der Waals surface area contributed by atoms with Crippen LogP contribution in [-0.2, 0) is 0 Å². The van der Waals surface area contributed by atoms with E-state index in [-0.39, 0.29) is 0 Å². The van der Waals surface area contributed by atoms with Crippen molar-refractivity contribution >= 4 is 11.6 Å². The van der Waals surface area contributed by atoms with E-state index in [9.17, 15) is 0 Å². The van der Waals surface area contributed by atoms with Crippen LogP contribution in [-0.4, -0.2) is 22.1 Å². The summed E-state index contributed by atoms with van der Waals surface area (Å²) in [6.45, 7) is 0. The van der Waals surface area contributed by atoms with Crippen LogP contribution in [0.15, 0.2) is 30.7 Å². The van der Waals surface area contributed by atoms with E-state index in [1.807, 2.05) is 6.07 Å². The molecule has 4 nitrogen and oxygen atoms in total. The van der Waals surface area contributed by atoms with Crippen LogP contribution in [0.3, 0.4) is 0 Å². The van der Waals surface area contributed by atoms with Gasteiger partial charge in [-0.15, -0.1) is 0 Å². The van der Waals surface area contributed by atoms with Gasteiger partial charge in [-0.2, -0.15) is 0 Å². The number of nitrogens with zero attached hydrogens (tertiary/aromatic N) is 3. The third kappa shape index (κ3) is 2.05. The first-order valence-electron chi connectivity index (χ1n) is 4.28. The summed E-state index contributed by atoms with van der Waals surface area (Å²) < 4.78 is 5.17. The van der Waals surface area contributed by atoms with Crippen LogP contribution in [0.25, 0.3) is 11.4 Å². The summed E-state index contributed by atoms with van der Waals surface area (Å²) in [7, 11) is 1.58. The third-order valence-electron chi connectivity index (χ3n) is 1.84. The molecule has 0 amide bonds. The third-order valence-corrected chi connectivity index (χ3v) is 2.02. The van der Waals surface area contributed by atoms with E-state index >= 15 is 0 Å². The molecular formula is C10H8ClN3O. The van der Waals surface area contributed by atoms with Crippen molar-refractivity contribution in [2.45, 2.75) is 0 Å². The molecule has 5 heteroatoms. The van der Waals surface area contributed by atoms with Crippen molar-refractivity contribution in [3.8, 4) is 17.1 Å². The largest absolute Gasteiger partial charge is 0.494 e. The van der Waals surface area contributed by atoms with Crippen LogP contribution >= 0.6 is 11.6 Å². The van der Waals surface area contributed by atoms with Crippen molar-refractivity contribution in [1.82, 2.24) is 15.0 Å². The van der Waals surface area contributed by atoms with Gasteiger partial charge < -0.3 is 4.74 Å². The number of methoxy groups -OCH3 is 1. The quantitative estimate of drug-likeness (QED) is 0.780. The van der Waals surface area contributed by atoms with Gasteiger partial charge in [-0.05, 0) is 12.1 Å². The Morgan fingerprint density at radius 1 is 1.33 bits per heavy atom. The lowest BCUT2D eigenvalue weighted by molar-refractivity contribution is 0.414. The lowest BCUT2D eigenvalue weighted by Gasteiger charge is -2.05. The molecule has 0 saturated carbocycles. The van der Waals surface area contributed by atoms with Crippen LogP contribution in [0.2, 0.25) is 5.15 Å². The smallest absolute Gasteiger partial charge is 0.148 e. The van der Waals surface area contributed by atoms with E-state index in [1.165, 1.54) is 6.20 Å². The van der Waals surface area contributed by atoms with Gasteiger partial charge in [0.15, 0.2) is 0 Å². The molecule has 76 valence electrons. The first-order chi connectivity index (χ1) is 7.31. The molecule has 0 spiro atoms. The van der Waals surface area contributed by atoms with Gasteiger partial charge in [0.1, 0.15) is 22.3 Å². The molecule has 2 heterocycles. The van der Waals surface area contributed by atoms with E-state index in [1.54, 1.807) is 25.6 Å². The molecule has 0 fully saturated rings. The summed E-state index contributed by atoms with van der Waals surface area (Å²) in [5, 5.41) is 0.334. The highest BCUT2D eigenvalue weighted by Crippen LogP contribution is 2.25. The minimum absolute atomic E-state index is 0.334. The minimum Gasteiger partial charge on any atom is -0.494 e. The first-order valence-corrected chi connectivity index (χ1v) is 4.66.